The second-order valence-electron chi connectivity index (χ2n) is 3.79. The minimum atomic E-state index is -0.432. The molecule has 2 N–H and O–H groups in total. The van der Waals surface area contributed by atoms with Crippen molar-refractivity contribution in [2.45, 2.75) is 31.6 Å². The smallest absolute Gasteiger partial charge is 0.321 e. The Hall–Kier alpha value is -1.43. The third kappa shape index (κ3) is 5.27. The number of hydrogen-bond donors (Lipinski definition) is 2. The molecule has 0 aromatic carbocycles. The van der Waals surface area contributed by atoms with Crippen LogP contribution in [-0.4, -0.2) is 24.2 Å². The van der Waals surface area contributed by atoms with Gasteiger partial charge in [0.25, 0.3) is 0 Å². The van der Waals surface area contributed by atoms with Crippen molar-refractivity contribution in [2.24, 2.45) is 0 Å². The van der Waals surface area contributed by atoms with Gasteiger partial charge in [0.2, 0.25) is 5.91 Å². The summed E-state index contributed by atoms with van der Waals surface area (Å²) in [6.07, 6.45) is 3.49. The maximum absolute atomic E-state index is 11.5. The lowest BCUT2D eigenvalue weighted by atomic mass is 10.3. The van der Waals surface area contributed by atoms with Crippen LogP contribution in [0.2, 0.25) is 0 Å². The van der Waals surface area contributed by atoms with E-state index in [2.05, 4.69) is 10.6 Å². The third-order valence-corrected chi connectivity index (χ3v) is 3.38. The number of unbranched alkanes of at least 4 members (excludes halogenated alkanes) is 1. The van der Waals surface area contributed by atoms with E-state index in [9.17, 15) is 9.59 Å². The molecule has 0 aliphatic carbocycles. The van der Waals surface area contributed by atoms with Gasteiger partial charge in [-0.2, -0.15) is 0 Å². The molecule has 1 heterocycles. The van der Waals surface area contributed by atoms with Crippen molar-refractivity contribution < 1.29 is 14.0 Å². The summed E-state index contributed by atoms with van der Waals surface area (Å²) >= 11 is 1.35. The third-order valence-electron chi connectivity index (χ3n) is 2.24. The fraction of sp³-hybridized carbons (Fsp3) is 0.500. The fourth-order valence-electron chi connectivity index (χ4n) is 1.25. The van der Waals surface area contributed by atoms with Crippen molar-refractivity contribution in [3.8, 4) is 0 Å². The van der Waals surface area contributed by atoms with E-state index in [0.29, 0.717) is 6.54 Å². The van der Waals surface area contributed by atoms with Gasteiger partial charge in [0.05, 0.1) is 12.0 Å². The summed E-state index contributed by atoms with van der Waals surface area (Å²) in [5.41, 5.74) is 0. The molecule has 6 heteroatoms. The summed E-state index contributed by atoms with van der Waals surface area (Å²) in [6, 6.07) is 1.37. The monoisotopic (exact) mass is 270 g/mol. The molecule has 0 unspecified atom stereocenters. The van der Waals surface area contributed by atoms with Crippen LogP contribution in [0, 0.1) is 6.92 Å². The Balaban J connectivity index is 2.21. The number of imide groups is 1. The first-order chi connectivity index (χ1) is 8.63. The van der Waals surface area contributed by atoms with Crippen molar-refractivity contribution in [1.82, 2.24) is 10.6 Å². The zero-order chi connectivity index (χ0) is 13.4. The van der Waals surface area contributed by atoms with Crippen molar-refractivity contribution >= 4 is 23.7 Å². The largest absolute Gasteiger partial charge is 0.468 e. The van der Waals surface area contributed by atoms with Crippen LogP contribution in [0.3, 0.4) is 0 Å². The van der Waals surface area contributed by atoms with Gasteiger partial charge in [0.15, 0.2) is 0 Å². The molecule has 3 amide bonds. The molecule has 0 saturated carbocycles. The van der Waals surface area contributed by atoms with Crippen LogP contribution in [-0.2, 0) is 4.79 Å². The Bertz CT molecular complexity index is 404. The molecule has 1 aromatic heterocycles. The van der Waals surface area contributed by atoms with E-state index in [1.165, 1.54) is 11.8 Å². The first-order valence-corrected chi connectivity index (χ1v) is 6.86. The average Bonchev–Trinajstić information content (AvgIpc) is 2.72. The SMILES string of the molecule is CCCCNC(=O)NC(=O)CSc1ccoc1C. The highest BCUT2D eigenvalue weighted by Crippen LogP contribution is 2.22. The van der Waals surface area contributed by atoms with Gasteiger partial charge in [0.1, 0.15) is 5.76 Å². The van der Waals surface area contributed by atoms with Gasteiger partial charge in [-0.05, 0) is 19.4 Å². The van der Waals surface area contributed by atoms with Crippen LogP contribution >= 0.6 is 11.8 Å². The number of carbonyl (C=O) groups excluding carboxylic acids is 2. The Morgan fingerprint density at radius 1 is 1.44 bits per heavy atom. The highest BCUT2D eigenvalue weighted by atomic mass is 32.2. The maximum atomic E-state index is 11.5. The molecule has 0 fully saturated rings. The lowest BCUT2D eigenvalue weighted by Gasteiger charge is -2.05. The Morgan fingerprint density at radius 2 is 2.22 bits per heavy atom. The molecule has 0 spiro atoms. The number of carbonyl (C=O) groups is 2. The van der Waals surface area contributed by atoms with E-state index < -0.39 is 6.03 Å². The quantitative estimate of drug-likeness (QED) is 0.614. The molecular weight excluding hydrogens is 252 g/mol. The molecule has 0 aliphatic rings. The molecule has 0 radical (unpaired) electrons. The molecule has 1 aromatic rings. The van der Waals surface area contributed by atoms with Gasteiger partial charge in [-0.1, -0.05) is 13.3 Å². The number of nitrogens with one attached hydrogen (secondary N) is 2. The van der Waals surface area contributed by atoms with E-state index >= 15 is 0 Å². The first-order valence-electron chi connectivity index (χ1n) is 5.88. The van der Waals surface area contributed by atoms with Crippen molar-refractivity contribution in [1.29, 1.82) is 0 Å². The number of aryl methyl sites for hydroxylation is 1. The Morgan fingerprint density at radius 3 is 2.83 bits per heavy atom. The predicted octanol–water partition coefficient (Wildman–Crippen LogP) is 2.31. The molecule has 0 aliphatic heterocycles. The highest BCUT2D eigenvalue weighted by Gasteiger charge is 2.09. The van der Waals surface area contributed by atoms with E-state index in [-0.39, 0.29) is 11.7 Å². The molecule has 0 saturated heterocycles. The summed E-state index contributed by atoms with van der Waals surface area (Å²) in [5, 5.41) is 4.90. The summed E-state index contributed by atoms with van der Waals surface area (Å²) in [5.74, 6) is 0.663. The summed E-state index contributed by atoms with van der Waals surface area (Å²) in [4.78, 5) is 23.7. The average molecular weight is 270 g/mol. The van der Waals surface area contributed by atoms with Crippen LogP contribution in [0.15, 0.2) is 21.6 Å². The molecule has 5 nitrogen and oxygen atoms in total. The van der Waals surface area contributed by atoms with Crippen LogP contribution in [0.1, 0.15) is 25.5 Å². The van der Waals surface area contributed by atoms with Gasteiger partial charge in [-0.25, -0.2) is 4.79 Å². The van der Waals surface area contributed by atoms with E-state index in [1.54, 1.807) is 12.3 Å². The molecule has 100 valence electrons. The van der Waals surface area contributed by atoms with Crippen LogP contribution < -0.4 is 10.6 Å². The number of furan rings is 1. The van der Waals surface area contributed by atoms with Gasteiger partial charge in [0, 0.05) is 11.4 Å². The highest BCUT2D eigenvalue weighted by molar-refractivity contribution is 8.00. The van der Waals surface area contributed by atoms with E-state index in [4.69, 9.17) is 4.42 Å². The second-order valence-corrected chi connectivity index (χ2v) is 4.80. The number of thioether (sulfide) groups is 1. The summed E-state index contributed by atoms with van der Waals surface area (Å²) in [7, 11) is 0. The zero-order valence-electron chi connectivity index (χ0n) is 10.6. The standard InChI is InChI=1S/C12H18N2O3S/c1-3-4-6-13-12(16)14-11(15)8-18-10-5-7-17-9(10)2/h5,7H,3-4,6,8H2,1-2H3,(H2,13,14,15,16). The summed E-state index contributed by atoms with van der Waals surface area (Å²) < 4.78 is 5.11. The molecule has 0 bridgehead atoms. The Kier molecular flexibility index (Phi) is 6.35. The van der Waals surface area contributed by atoms with E-state index in [0.717, 1.165) is 23.5 Å². The number of rotatable bonds is 6. The number of amides is 3. The lowest BCUT2D eigenvalue weighted by Crippen LogP contribution is -2.40. The number of urea groups is 1. The van der Waals surface area contributed by atoms with Gasteiger partial charge in [-0.15, -0.1) is 11.8 Å². The van der Waals surface area contributed by atoms with Crippen LogP contribution in [0.25, 0.3) is 0 Å². The first kappa shape index (κ1) is 14.6. The number of hydrogen-bond acceptors (Lipinski definition) is 4. The van der Waals surface area contributed by atoms with Crippen LogP contribution in [0.5, 0.6) is 0 Å². The molecule has 1 rings (SSSR count). The van der Waals surface area contributed by atoms with E-state index in [1.807, 2.05) is 13.8 Å². The summed E-state index contributed by atoms with van der Waals surface area (Å²) in [6.45, 7) is 4.45. The van der Waals surface area contributed by atoms with Gasteiger partial charge >= 0.3 is 6.03 Å². The molecular formula is C12H18N2O3S. The van der Waals surface area contributed by atoms with Crippen molar-refractivity contribution in [2.75, 3.05) is 12.3 Å². The topological polar surface area (TPSA) is 71.3 Å². The Labute approximate surface area is 111 Å². The lowest BCUT2D eigenvalue weighted by molar-refractivity contribution is -0.117. The van der Waals surface area contributed by atoms with Crippen LogP contribution in [0.4, 0.5) is 4.79 Å². The second kappa shape index (κ2) is 7.81. The van der Waals surface area contributed by atoms with Crippen molar-refractivity contribution in [3.63, 3.8) is 0 Å². The minimum absolute atomic E-state index is 0.196. The van der Waals surface area contributed by atoms with Gasteiger partial charge in [-0.3, -0.25) is 10.1 Å². The molecule has 18 heavy (non-hydrogen) atoms. The minimum Gasteiger partial charge on any atom is -0.468 e. The fourth-order valence-corrected chi connectivity index (χ4v) is 2.01. The van der Waals surface area contributed by atoms with Gasteiger partial charge < -0.3 is 9.73 Å². The maximum Gasteiger partial charge on any atom is 0.321 e. The molecule has 0 atom stereocenters. The predicted molar refractivity (Wildman–Crippen MR) is 70.6 cm³/mol. The zero-order valence-corrected chi connectivity index (χ0v) is 11.4. The van der Waals surface area contributed by atoms with Crippen molar-refractivity contribution in [3.05, 3.63) is 18.1 Å². The normalized spacial score (nSPS) is 10.1.